The van der Waals surface area contributed by atoms with Crippen LogP contribution in [0.5, 0.6) is 0 Å². The summed E-state index contributed by atoms with van der Waals surface area (Å²) in [5.41, 5.74) is 6.13. The topological polar surface area (TPSA) is 48.5 Å². The molecular formula is C17H21Cl2N5V. The maximum absolute atomic E-state index is 4.78. The zero-order valence-electron chi connectivity index (χ0n) is 15.2. The van der Waals surface area contributed by atoms with Crippen molar-refractivity contribution < 1.29 is 43.4 Å². The van der Waals surface area contributed by atoms with Crippen LogP contribution in [0.25, 0.3) is 23.0 Å². The van der Waals surface area contributed by atoms with E-state index >= 15 is 0 Å². The summed E-state index contributed by atoms with van der Waals surface area (Å²) >= 11 is 0. The predicted molar refractivity (Wildman–Crippen MR) is 87.6 cm³/mol. The molecule has 0 N–H and O–H groups in total. The fourth-order valence-electron chi connectivity index (χ4n) is 2.57. The van der Waals surface area contributed by atoms with Gasteiger partial charge in [-0.3, -0.25) is 0 Å². The van der Waals surface area contributed by atoms with Crippen molar-refractivity contribution in [2.45, 2.75) is 27.7 Å². The zero-order valence-corrected chi connectivity index (χ0v) is 18.1. The van der Waals surface area contributed by atoms with Gasteiger partial charge in [0.25, 0.3) is 0 Å². The van der Waals surface area contributed by atoms with Crippen LogP contribution in [0.1, 0.15) is 22.8 Å². The Morgan fingerprint density at radius 2 is 1.04 bits per heavy atom. The van der Waals surface area contributed by atoms with Gasteiger partial charge in [-0.15, -0.1) is 0 Å². The second kappa shape index (κ2) is 8.90. The second-order valence-corrected chi connectivity index (χ2v) is 5.74. The minimum absolute atomic E-state index is 0. The Labute approximate surface area is 173 Å². The maximum Gasteiger partial charge on any atom is 2.00 e. The molecule has 0 aliphatic rings. The third kappa shape index (κ3) is 4.12. The number of rotatable bonds is 2. The number of aryl methyl sites for hydroxylation is 2. The number of pyridine rings is 1. The number of aromatic nitrogens is 5. The number of nitrogens with zero attached hydrogens (tertiary/aromatic N) is 5. The molecule has 0 saturated carbocycles. The van der Waals surface area contributed by atoms with Gasteiger partial charge in [0.15, 0.2) is 11.6 Å². The quantitative estimate of drug-likeness (QED) is 0.451. The molecule has 0 unspecified atom stereocenters. The molecule has 0 aliphatic carbocycles. The average molecular weight is 417 g/mol. The third-order valence-electron chi connectivity index (χ3n) is 4.44. The van der Waals surface area contributed by atoms with Crippen LogP contribution in [0.4, 0.5) is 0 Å². The molecule has 3 heterocycles. The van der Waals surface area contributed by atoms with Gasteiger partial charge >= 0.3 is 18.6 Å². The van der Waals surface area contributed by atoms with E-state index in [9.17, 15) is 0 Å². The van der Waals surface area contributed by atoms with E-state index in [0.717, 1.165) is 45.8 Å². The molecular weight excluding hydrogens is 396 g/mol. The monoisotopic (exact) mass is 416 g/mol. The van der Waals surface area contributed by atoms with Crippen molar-refractivity contribution >= 4 is 0 Å². The molecule has 3 aromatic rings. The minimum atomic E-state index is 0. The van der Waals surface area contributed by atoms with Gasteiger partial charge in [-0.2, -0.15) is 0 Å². The molecule has 3 rings (SSSR count). The largest absolute Gasteiger partial charge is 2.00 e. The van der Waals surface area contributed by atoms with Crippen molar-refractivity contribution in [2.24, 2.45) is 14.1 Å². The van der Waals surface area contributed by atoms with Gasteiger partial charge in [0, 0.05) is 25.5 Å². The Bertz CT molecular complexity index is 803. The Kier molecular flexibility index (Phi) is 8.45. The first-order valence-electron chi connectivity index (χ1n) is 7.37. The number of halogens is 2. The zero-order chi connectivity index (χ0) is 16.0. The summed E-state index contributed by atoms with van der Waals surface area (Å²) in [6, 6.07) is 6.00. The molecule has 0 atom stereocenters. The summed E-state index contributed by atoms with van der Waals surface area (Å²) < 4.78 is 4.16. The number of hydrogen-bond donors (Lipinski definition) is 0. The fraction of sp³-hybridized carbons (Fsp3) is 0.353. The third-order valence-corrected chi connectivity index (χ3v) is 4.44. The van der Waals surface area contributed by atoms with Gasteiger partial charge < -0.3 is 33.9 Å². The van der Waals surface area contributed by atoms with Crippen LogP contribution in [0.3, 0.4) is 0 Å². The Morgan fingerprint density at radius 1 is 0.680 bits per heavy atom. The van der Waals surface area contributed by atoms with E-state index in [4.69, 9.17) is 4.98 Å². The first kappa shape index (κ1) is 23.7. The van der Waals surface area contributed by atoms with E-state index in [0.29, 0.717) is 0 Å². The average Bonchev–Trinajstić information content (AvgIpc) is 2.92. The summed E-state index contributed by atoms with van der Waals surface area (Å²) in [6.45, 7) is 8.19. The molecule has 133 valence electrons. The normalized spacial score (nSPS) is 9.84. The first-order valence-corrected chi connectivity index (χ1v) is 7.37. The molecule has 1 radical (unpaired) electrons. The SMILES string of the molecule is Cc1nc(-c2cccc(-c3nc(C)c(C)n3C)n2)n(C)c1C.[Cl-].[Cl-].[V+2]. The maximum atomic E-state index is 4.78. The van der Waals surface area contributed by atoms with Crippen LogP contribution in [-0.4, -0.2) is 24.1 Å². The minimum Gasteiger partial charge on any atom is -1.00 e. The molecule has 0 fully saturated rings. The first-order chi connectivity index (χ1) is 10.4. The van der Waals surface area contributed by atoms with Gasteiger partial charge in [-0.05, 0) is 39.8 Å². The van der Waals surface area contributed by atoms with Gasteiger partial charge in [-0.1, -0.05) is 6.07 Å². The summed E-state index contributed by atoms with van der Waals surface area (Å²) in [6.07, 6.45) is 0. The molecule has 5 nitrogen and oxygen atoms in total. The van der Waals surface area contributed by atoms with Gasteiger partial charge in [0.1, 0.15) is 11.4 Å². The molecule has 25 heavy (non-hydrogen) atoms. The molecule has 0 amide bonds. The van der Waals surface area contributed by atoms with Crippen molar-refractivity contribution in [1.29, 1.82) is 0 Å². The Balaban J connectivity index is 0.00000192. The summed E-state index contributed by atoms with van der Waals surface area (Å²) in [5, 5.41) is 0. The van der Waals surface area contributed by atoms with E-state index in [1.807, 2.05) is 46.1 Å². The van der Waals surface area contributed by atoms with Crippen molar-refractivity contribution in [1.82, 2.24) is 24.1 Å². The van der Waals surface area contributed by atoms with Gasteiger partial charge in [0.05, 0.1) is 11.4 Å². The smallest absolute Gasteiger partial charge is 1.00 e. The second-order valence-electron chi connectivity index (χ2n) is 5.74. The molecule has 0 aliphatic heterocycles. The van der Waals surface area contributed by atoms with E-state index < -0.39 is 0 Å². The van der Waals surface area contributed by atoms with Crippen LogP contribution in [0, 0.1) is 27.7 Å². The van der Waals surface area contributed by atoms with Crippen LogP contribution in [-0.2, 0) is 32.7 Å². The van der Waals surface area contributed by atoms with E-state index in [2.05, 4.69) is 32.9 Å². The number of imidazole rings is 2. The van der Waals surface area contributed by atoms with Crippen molar-refractivity contribution in [3.63, 3.8) is 0 Å². The van der Waals surface area contributed by atoms with Gasteiger partial charge in [-0.25, -0.2) is 15.0 Å². The van der Waals surface area contributed by atoms with Crippen LogP contribution in [0.15, 0.2) is 18.2 Å². The van der Waals surface area contributed by atoms with E-state index in [1.54, 1.807) is 0 Å². The Morgan fingerprint density at radius 3 is 1.32 bits per heavy atom. The summed E-state index contributed by atoms with van der Waals surface area (Å²) in [7, 11) is 4.04. The van der Waals surface area contributed by atoms with E-state index in [-0.39, 0.29) is 43.4 Å². The standard InChI is InChI=1S/C17H21N5.2ClH.V/c1-10-12(3)21(5)16(18-10)14-8-7-9-15(20-14)17-19-11(2)13(4)22(17)6;;;/h7-9H,1-6H3;2*1H;/q;;;+2/p-2. The van der Waals surface area contributed by atoms with Crippen molar-refractivity contribution in [3.05, 3.63) is 41.0 Å². The number of hydrogen-bond acceptors (Lipinski definition) is 3. The predicted octanol–water partition coefficient (Wildman–Crippen LogP) is -2.88. The fourth-order valence-corrected chi connectivity index (χ4v) is 2.57. The Hall–Kier alpha value is -1.27. The van der Waals surface area contributed by atoms with E-state index in [1.165, 1.54) is 0 Å². The molecule has 0 bridgehead atoms. The summed E-state index contributed by atoms with van der Waals surface area (Å²) in [5.74, 6) is 1.78. The van der Waals surface area contributed by atoms with Crippen LogP contribution < -0.4 is 24.8 Å². The molecule has 0 saturated heterocycles. The molecule has 0 aromatic carbocycles. The summed E-state index contributed by atoms with van der Waals surface area (Å²) in [4.78, 5) is 14.0. The van der Waals surface area contributed by atoms with Crippen LogP contribution in [0.2, 0.25) is 0 Å². The van der Waals surface area contributed by atoms with Gasteiger partial charge in [0.2, 0.25) is 0 Å². The molecule has 0 spiro atoms. The van der Waals surface area contributed by atoms with Crippen molar-refractivity contribution in [2.75, 3.05) is 0 Å². The van der Waals surface area contributed by atoms with Crippen LogP contribution >= 0.6 is 0 Å². The molecule has 8 heteroatoms. The van der Waals surface area contributed by atoms with Crippen molar-refractivity contribution in [3.8, 4) is 23.0 Å². The molecule has 3 aromatic heterocycles.